The number of likely N-dealkylation sites (tertiary alicyclic amines) is 1. The molecule has 2 unspecified atom stereocenters. The molecule has 1 heterocycles. The highest BCUT2D eigenvalue weighted by atomic mass is 32.2. The minimum absolute atomic E-state index is 0.265. The zero-order valence-corrected chi connectivity index (χ0v) is 37.1. The third kappa shape index (κ3) is 8.81. The van der Waals surface area contributed by atoms with Gasteiger partial charge in [-0.1, -0.05) is 194 Å². The predicted octanol–water partition coefficient (Wildman–Crippen LogP) is 9.49. The van der Waals surface area contributed by atoms with Gasteiger partial charge in [0.1, 0.15) is 28.3 Å². The van der Waals surface area contributed by atoms with Crippen LogP contribution in [0.2, 0.25) is 0 Å². The Bertz CT molecular complexity index is 2570. The second kappa shape index (κ2) is 18.9. The van der Waals surface area contributed by atoms with E-state index in [1.54, 1.807) is 17.0 Å². The van der Waals surface area contributed by atoms with Gasteiger partial charge in [0.15, 0.2) is 0 Å². The number of carbonyl (C=O) groups is 2. The Balaban J connectivity index is 1.40. The molecule has 7 aromatic carbocycles. The molecule has 0 radical (unpaired) electrons. The van der Waals surface area contributed by atoms with Crippen molar-refractivity contribution in [1.29, 1.82) is 0 Å². The Morgan fingerprint density at radius 1 is 0.635 bits per heavy atom. The summed E-state index contributed by atoms with van der Waals surface area (Å²) >= 11 is 1.48. The van der Waals surface area contributed by atoms with E-state index in [0.29, 0.717) is 11.3 Å². The molecule has 8 rings (SSSR count). The second-order valence-corrected chi connectivity index (χ2v) is 20.6. The number of nitrogens with one attached hydrogen (secondary N) is 1. The van der Waals surface area contributed by atoms with E-state index in [-0.39, 0.29) is 17.1 Å². The molecular formula is C55H48FN2O3PS. The third-order valence-corrected chi connectivity index (χ3v) is 16.4. The number of rotatable bonds is 12. The van der Waals surface area contributed by atoms with Crippen LogP contribution in [-0.4, -0.2) is 45.0 Å². The maximum absolute atomic E-state index is 15.8. The molecule has 0 spiro atoms. The molecule has 1 aliphatic rings. The Morgan fingerprint density at radius 2 is 1.03 bits per heavy atom. The highest BCUT2D eigenvalue weighted by molar-refractivity contribution is 8.00. The van der Waals surface area contributed by atoms with Crippen LogP contribution < -0.4 is 21.2 Å². The van der Waals surface area contributed by atoms with Crippen LogP contribution in [0, 0.1) is 17.7 Å². The predicted molar refractivity (Wildman–Crippen MR) is 259 cm³/mol. The van der Waals surface area contributed by atoms with Crippen LogP contribution in [0.25, 0.3) is 0 Å². The largest absolute Gasteiger partial charge is 0.455 e. The molecule has 5 nitrogen and oxygen atoms in total. The molecule has 0 aromatic heterocycles. The van der Waals surface area contributed by atoms with E-state index >= 15 is 9.59 Å². The normalized spacial score (nSPS) is 15.1. The van der Waals surface area contributed by atoms with Gasteiger partial charge in [0.05, 0.1) is 11.3 Å². The summed E-state index contributed by atoms with van der Waals surface area (Å²) in [5.41, 5.74) is 1.93. The number of hydrogen-bond acceptors (Lipinski definition) is 5. The number of esters is 1. The quantitative estimate of drug-likeness (QED) is 0.0437. The smallest absolute Gasteiger partial charge is 0.356 e. The molecule has 0 saturated carbocycles. The van der Waals surface area contributed by atoms with E-state index in [0.717, 1.165) is 32.6 Å². The average molecular weight is 867 g/mol. The maximum atomic E-state index is 15.8. The van der Waals surface area contributed by atoms with Crippen LogP contribution in [0.1, 0.15) is 43.0 Å². The minimum Gasteiger partial charge on any atom is -0.455 e. The van der Waals surface area contributed by atoms with Crippen molar-refractivity contribution in [2.24, 2.45) is 0 Å². The molecule has 1 fully saturated rings. The van der Waals surface area contributed by atoms with Crippen molar-refractivity contribution in [3.05, 3.63) is 234 Å². The number of nitrogens with zero attached hydrogens (tertiary/aromatic N) is 1. The first-order valence-corrected chi connectivity index (χ1v) is 23.8. The molecule has 1 saturated heterocycles. The van der Waals surface area contributed by atoms with E-state index in [2.05, 4.69) is 90.0 Å². The lowest BCUT2D eigenvalue weighted by atomic mass is 9.76. The fourth-order valence-corrected chi connectivity index (χ4v) is 13.8. The summed E-state index contributed by atoms with van der Waals surface area (Å²) < 4.78 is 20.3. The molecule has 0 aliphatic carbocycles. The zero-order chi connectivity index (χ0) is 43.9. The van der Waals surface area contributed by atoms with E-state index in [9.17, 15) is 4.39 Å². The molecule has 1 N–H and O–H groups in total. The Kier molecular flexibility index (Phi) is 13.0. The molecular weight excluding hydrogens is 819 g/mol. The summed E-state index contributed by atoms with van der Waals surface area (Å²) in [7, 11) is 0. The van der Waals surface area contributed by atoms with Crippen molar-refractivity contribution in [1.82, 2.24) is 10.2 Å². The monoisotopic (exact) mass is 866 g/mol. The first-order valence-electron chi connectivity index (χ1n) is 20.9. The summed E-state index contributed by atoms with van der Waals surface area (Å²) in [4.78, 5) is 33.1. The van der Waals surface area contributed by atoms with Crippen molar-refractivity contribution >= 4 is 51.9 Å². The summed E-state index contributed by atoms with van der Waals surface area (Å²) in [6.45, 7) is 2.34. The summed E-state index contributed by atoms with van der Waals surface area (Å²) in [6.07, 6.45) is 0. The number of hydrogen-bond donors (Lipinski definition) is 1. The summed E-state index contributed by atoms with van der Waals surface area (Å²) in [6, 6.07) is 65.9. The molecule has 2 atom stereocenters. The van der Waals surface area contributed by atoms with Gasteiger partial charge in [-0.25, -0.2) is 9.18 Å². The van der Waals surface area contributed by atoms with Crippen LogP contribution in [0.5, 0.6) is 0 Å². The van der Waals surface area contributed by atoms with Crippen molar-refractivity contribution in [2.75, 3.05) is 5.75 Å². The lowest BCUT2D eigenvalue weighted by Crippen LogP contribution is -2.74. The van der Waals surface area contributed by atoms with Crippen LogP contribution in [0.4, 0.5) is 4.39 Å². The molecule has 314 valence electrons. The first kappa shape index (κ1) is 43.2. The van der Waals surface area contributed by atoms with Crippen LogP contribution in [-0.2, 0) is 19.9 Å². The van der Waals surface area contributed by atoms with Gasteiger partial charge in [0.25, 0.3) is 0 Å². The molecule has 1 aliphatic heterocycles. The Morgan fingerprint density at radius 3 is 1.43 bits per heavy atom. The lowest BCUT2D eigenvalue weighted by molar-refractivity contribution is -0.151. The van der Waals surface area contributed by atoms with Gasteiger partial charge in [-0.05, 0) is 77.6 Å². The molecule has 0 bridgehead atoms. The molecule has 8 heteroatoms. The van der Waals surface area contributed by atoms with Crippen molar-refractivity contribution in [2.45, 2.75) is 43.3 Å². The zero-order valence-electron chi connectivity index (χ0n) is 35.4. The molecule has 1 amide bonds. The fourth-order valence-electron chi connectivity index (χ4n) is 8.33. The van der Waals surface area contributed by atoms with E-state index in [1.807, 2.05) is 130 Å². The van der Waals surface area contributed by atoms with E-state index in [1.165, 1.54) is 23.9 Å². The number of β-lactam (4-membered cyclic amide) rings is 1. The van der Waals surface area contributed by atoms with Crippen LogP contribution >= 0.6 is 18.6 Å². The number of thioether (sulfide) groups is 1. The number of amides is 1. The summed E-state index contributed by atoms with van der Waals surface area (Å²) in [5.74, 6) is 5.60. The SMILES string of the molecule is CC(C)(C)OC(=O)C(N1C(=O)C(NC(c2ccccc2)(c2ccccc2)c2ccccc2)C1SCC#Cc1ccc(F)cc1)=P(c1ccccc1)(c1ccccc1)c1ccccc1. The van der Waals surface area contributed by atoms with Gasteiger partial charge in [-0.2, -0.15) is 0 Å². The van der Waals surface area contributed by atoms with Gasteiger partial charge >= 0.3 is 5.97 Å². The highest BCUT2D eigenvalue weighted by Crippen LogP contribution is 2.50. The molecule has 63 heavy (non-hydrogen) atoms. The Labute approximate surface area is 374 Å². The third-order valence-electron chi connectivity index (χ3n) is 11.0. The Hall–Kier alpha value is -6.42. The number of benzene rings is 7. The number of carbonyl (C=O) groups excluding carboxylic acids is 2. The van der Waals surface area contributed by atoms with E-state index < -0.39 is 35.4 Å². The first-order chi connectivity index (χ1) is 30.6. The van der Waals surface area contributed by atoms with Gasteiger partial charge in [-0.15, -0.1) is 11.8 Å². The van der Waals surface area contributed by atoms with Crippen molar-refractivity contribution in [3.8, 4) is 11.8 Å². The number of ether oxygens (including phenoxy) is 1. The highest BCUT2D eigenvalue weighted by Gasteiger charge is 2.57. The maximum Gasteiger partial charge on any atom is 0.356 e. The second-order valence-electron chi connectivity index (χ2n) is 16.2. The van der Waals surface area contributed by atoms with Gasteiger partial charge in [0.2, 0.25) is 5.91 Å². The lowest BCUT2D eigenvalue weighted by Gasteiger charge is -2.52. The van der Waals surface area contributed by atoms with Crippen molar-refractivity contribution < 1.29 is 18.7 Å². The standard InChI is InChI=1S/C55H48FN2O3PS/c1-54(2,3)61-53(60)51(62(46-30-16-7-17-31-46,47-32-18-8-19-33-47)48-34-20-9-21-35-48)58-50(59)49(52(58)63-40-22-23-41-36-38-45(56)39-37-41)57-55(42-24-10-4-11-25-42,43-26-12-5-13-27-43)44-28-14-6-15-29-44/h4-21,24-39,49,52,57H,40H2,1-3H3. The molecule has 7 aromatic rings. The van der Waals surface area contributed by atoms with Gasteiger partial charge in [-0.3, -0.25) is 15.0 Å². The minimum atomic E-state index is -3.21. The average Bonchev–Trinajstić information content (AvgIpc) is 3.32. The van der Waals surface area contributed by atoms with E-state index in [4.69, 9.17) is 4.74 Å². The van der Waals surface area contributed by atoms with Gasteiger partial charge < -0.3 is 4.74 Å². The fraction of sp³-hybridized carbons (Fsp3) is 0.145. The van der Waals surface area contributed by atoms with Crippen LogP contribution in [0.15, 0.2) is 206 Å². The topological polar surface area (TPSA) is 58.6 Å². The van der Waals surface area contributed by atoms with Crippen LogP contribution in [0.3, 0.4) is 0 Å². The van der Waals surface area contributed by atoms with Gasteiger partial charge in [0, 0.05) is 12.4 Å². The number of halogens is 1. The summed E-state index contributed by atoms with van der Waals surface area (Å²) in [5, 5.41) is 6.03. The van der Waals surface area contributed by atoms with Crippen molar-refractivity contribution in [3.63, 3.8) is 0 Å².